The molecule has 0 aliphatic carbocycles. The highest BCUT2D eigenvalue weighted by Gasteiger charge is 2.16. The minimum atomic E-state index is -2.59. The number of fused-ring (bicyclic) bond motifs is 1. The van der Waals surface area contributed by atoms with Gasteiger partial charge in [-0.25, -0.2) is 13.2 Å². The highest BCUT2D eigenvalue weighted by atomic mass is 79.9. The van der Waals surface area contributed by atoms with E-state index in [1.165, 1.54) is 28.8 Å². The van der Waals surface area contributed by atoms with E-state index in [0.717, 1.165) is 0 Å². The molecule has 0 unspecified atom stereocenters. The molecule has 1 aromatic heterocycles. The van der Waals surface area contributed by atoms with E-state index in [1.807, 2.05) is 0 Å². The molecular weight excluding hydrogens is 277 g/mol. The Labute approximate surface area is 90.5 Å². The van der Waals surface area contributed by atoms with Crippen LogP contribution in [0, 0.1) is 5.82 Å². The van der Waals surface area contributed by atoms with Gasteiger partial charge >= 0.3 is 0 Å². The summed E-state index contributed by atoms with van der Waals surface area (Å²) >= 11 is 4.20. The first kappa shape index (κ1) is 9.98. The molecule has 0 spiro atoms. The number of rotatable bonds is 1. The Bertz CT molecular complexity index is 478. The van der Waals surface area contributed by atoms with Crippen LogP contribution in [0.5, 0.6) is 0 Å². The molecule has 0 amide bonds. The van der Waals surface area contributed by atoms with Gasteiger partial charge in [0.1, 0.15) is 5.82 Å². The van der Waals surface area contributed by atoms with Crippen molar-refractivity contribution in [1.82, 2.24) is 0 Å². The topological polar surface area (TPSA) is 0 Å². The fourth-order valence-electron chi connectivity index (χ4n) is 1.24. The van der Waals surface area contributed by atoms with Crippen LogP contribution in [0.3, 0.4) is 0 Å². The van der Waals surface area contributed by atoms with Crippen molar-refractivity contribution in [1.29, 1.82) is 0 Å². The average molecular weight is 281 g/mol. The van der Waals surface area contributed by atoms with E-state index in [9.17, 15) is 13.2 Å². The molecule has 0 aliphatic rings. The Morgan fingerprint density at radius 1 is 1.29 bits per heavy atom. The Kier molecular flexibility index (Phi) is 2.53. The molecule has 2 aromatic rings. The summed E-state index contributed by atoms with van der Waals surface area (Å²) in [5.74, 6) is -0.459. The maximum absolute atomic E-state index is 13.2. The molecule has 0 nitrogen and oxygen atoms in total. The van der Waals surface area contributed by atoms with Crippen LogP contribution in [0.2, 0.25) is 0 Å². The lowest BCUT2D eigenvalue weighted by molar-refractivity contribution is 0.150. The van der Waals surface area contributed by atoms with Crippen LogP contribution in [0.15, 0.2) is 22.0 Å². The van der Waals surface area contributed by atoms with Gasteiger partial charge in [-0.05, 0) is 22.0 Å². The predicted molar refractivity (Wildman–Crippen MR) is 54.4 cm³/mol. The average Bonchev–Trinajstić information content (AvgIpc) is 2.48. The van der Waals surface area contributed by atoms with Crippen molar-refractivity contribution >= 4 is 37.4 Å². The van der Waals surface area contributed by atoms with Gasteiger partial charge in [-0.1, -0.05) is 6.07 Å². The Balaban J connectivity index is 2.79. The summed E-state index contributed by atoms with van der Waals surface area (Å²) in [5, 5.41) is 1.55. The lowest BCUT2D eigenvalue weighted by Crippen LogP contribution is -1.86. The highest BCUT2D eigenvalue weighted by Crippen LogP contribution is 2.37. The predicted octanol–water partition coefficient (Wildman–Crippen LogP) is 4.74. The van der Waals surface area contributed by atoms with E-state index in [-0.39, 0.29) is 15.4 Å². The fourth-order valence-corrected chi connectivity index (χ4v) is 2.89. The number of thiophene rings is 1. The lowest BCUT2D eigenvalue weighted by atomic mass is 10.2. The van der Waals surface area contributed by atoms with E-state index in [2.05, 4.69) is 15.9 Å². The molecule has 0 aliphatic heterocycles. The smallest absolute Gasteiger partial charge is 0.205 e. The third-order valence-corrected chi connectivity index (χ3v) is 3.67. The van der Waals surface area contributed by atoms with Crippen LogP contribution >= 0.6 is 27.3 Å². The molecular formula is C9H4BrF3S. The summed E-state index contributed by atoms with van der Waals surface area (Å²) < 4.78 is 38.9. The molecule has 0 radical (unpaired) electrons. The van der Waals surface area contributed by atoms with E-state index >= 15 is 0 Å². The van der Waals surface area contributed by atoms with Gasteiger partial charge in [0.2, 0.25) is 0 Å². The van der Waals surface area contributed by atoms with Gasteiger partial charge in [0, 0.05) is 25.5 Å². The van der Waals surface area contributed by atoms with Crippen molar-refractivity contribution in [2.75, 3.05) is 0 Å². The van der Waals surface area contributed by atoms with Crippen molar-refractivity contribution in [2.24, 2.45) is 0 Å². The van der Waals surface area contributed by atoms with Crippen molar-refractivity contribution in [3.63, 3.8) is 0 Å². The van der Waals surface area contributed by atoms with Gasteiger partial charge in [0.05, 0.1) is 0 Å². The normalized spacial score (nSPS) is 11.5. The number of hydrogen-bond donors (Lipinski definition) is 0. The summed E-state index contributed by atoms with van der Waals surface area (Å²) in [5.41, 5.74) is -0.171. The molecule has 0 fully saturated rings. The summed E-state index contributed by atoms with van der Waals surface area (Å²) in [6, 6.07) is 2.82. The number of alkyl halides is 2. The molecule has 2 rings (SSSR count). The second-order valence-corrected chi connectivity index (χ2v) is 4.43. The second kappa shape index (κ2) is 3.55. The van der Waals surface area contributed by atoms with Crippen molar-refractivity contribution in [3.05, 3.63) is 33.4 Å². The molecule has 0 saturated carbocycles. The zero-order valence-corrected chi connectivity index (χ0v) is 9.13. The molecule has 5 heteroatoms. The summed E-state index contributed by atoms with van der Waals surface area (Å²) in [7, 11) is 0. The van der Waals surface area contributed by atoms with Crippen LogP contribution in [0.25, 0.3) is 10.1 Å². The van der Waals surface area contributed by atoms with Crippen molar-refractivity contribution in [3.8, 4) is 0 Å². The van der Waals surface area contributed by atoms with Gasteiger partial charge in [0.25, 0.3) is 6.43 Å². The first-order chi connectivity index (χ1) is 6.61. The van der Waals surface area contributed by atoms with E-state index in [4.69, 9.17) is 0 Å². The monoisotopic (exact) mass is 280 g/mol. The van der Waals surface area contributed by atoms with Crippen LogP contribution in [-0.4, -0.2) is 0 Å². The Hall–Kier alpha value is -0.550. The maximum Gasteiger partial charge on any atom is 0.264 e. The molecule has 1 aromatic carbocycles. The second-order valence-electron chi connectivity index (χ2n) is 2.73. The molecule has 0 saturated heterocycles. The minimum absolute atomic E-state index is 0.156. The summed E-state index contributed by atoms with van der Waals surface area (Å²) in [4.78, 5) is 0. The zero-order valence-electron chi connectivity index (χ0n) is 6.73. The third kappa shape index (κ3) is 1.44. The highest BCUT2D eigenvalue weighted by molar-refractivity contribution is 9.10. The van der Waals surface area contributed by atoms with Gasteiger partial charge < -0.3 is 0 Å². The van der Waals surface area contributed by atoms with Gasteiger partial charge in [-0.2, -0.15) is 0 Å². The Morgan fingerprint density at radius 2 is 2.00 bits per heavy atom. The number of halogens is 4. The SMILES string of the molecule is Fc1csc2ccc(C(F)F)c(Br)c12. The van der Waals surface area contributed by atoms with Gasteiger partial charge in [-0.3, -0.25) is 0 Å². The first-order valence-electron chi connectivity index (χ1n) is 3.74. The lowest BCUT2D eigenvalue weighted by Gasteiger charge is -2.03. The van der Waals surface area contributed by atoms with E-state index < -0.39 is 12.2 Å². The molecule has 0 atom stereocenters. The Morgan fingerprint density at radius 3 is 2.64 bits per heavy atom. The van der Waals surface area contributed by atoms with Gasteiger partial charge in [0.15, 0.2) is 0 Å². The zero-order chi connectivity index (χ0) is 10.3. The largest absolute Gasteiger partial charge is 0.264 e. The number of benzene rings is 1. The van der Waals surface area contributed by atoms with Crippen LogP contribution in [-0.2, 0) is 0 Å². The van der Waals surface area contributed by atoms with E-state index in [1.54, 1.807) is 0 Å². The molecule has 14 heavy (non-hydrogen) atoms. The first-order valence-corrected chi connectivity index (χ1v) is 5.41. The minimum Gasteiger partial charge on any atom is -0.205 e. The standard InChI is InChI=1S/C9H4BrF3S/c10-8-4(9(12)13)1-2-6-7(8)5(11)3-14-6/h1-3,9H. The molecule has 1 heterocycles. The third-order valence-electron chi connectivity index (χ3n) is 1.90. The van der Waals surface area contributed by atoms with Crippen molar-refractivity contribution < 1.29 is 13.2 Å². The maximum atomic E-state index is 13.2. The molecule has 74 valence electrons. The van der Waals surface area contributed by atoms with Crippen molar-refractivity contribution in [2.45, 2.75) is 6.43 Å². The number of hydrogen-bond acceptors (Lipinski definition) is 1. The van der Waals surface area contributed by atoms with Gasteiger partial charge in [-0.15, -0.1) is 11.3 Å². The molecule has 0 bridgehead atoms. The van der Waals surface area contributed by atoms with Crippen LogP contribution < -0.4 is 0 Å². The summed E-state index contributed by atoms with van der Waals surface area (Å²) in [6.45, 7) is 0. The quantitative estimate of drug-likeness (QED) is 0.708. The van der Waals surface area contributed by atoms with Crippen LogP contribution in [0.1, 0.15) is 12.0 Å². The fraction of sp³-hybridized carbons (Fsp3) is 0.111. The molecule has 0 N–H and O–H groups in total. The van der Waals surface area contributed by atoms with E-state index in [0.29, 0.717) is 4.70 Å². The summed E-state index contributed by atoms with van der Waals surface area (Å²) in [6.07, 6.45) is -2.59. The van der Waals surface area contributed by atoms with Crippen LogP contribution in [0.4, 0.5) is 13.2 Å².